The molecule has 0 bridgehead atoms. The number of hydrogen-bond acceptors (Lipinski definition) is 3. The lowest BCUT2D eigenvalue weighted by Gasteiger charge is -2.20. The van der Waals surface area contributed by atoms with Gasteiger partial charge >= 0.3 is 0 Å². The van der Waals surface area contributed by atoms with Crippen LogP contribution in [0.5, 0.6) is 5.75 Å². The molecule has 0 unspecified atom stereocenters. The summed E-state index contributed by atoms with van der Waals surface area (Å²) >= 11 is 0. The minimum atomic E-state index is -1.62. The summed E-state index contributed by atoms with van der Waals surface area (Å²) in [6.45, 7) is 6.50. The number of para-hydroxylation sites is 2. The van der Waals surface area contributed by atoms with Crippen LogP contribution in [-0.4, -0.2) is 24.3 Å². The van der Waals surface area contributed by atoms with Crippen molar-refractivity contribution in [2.45, 2.75) is 26.1 Å². The Kier molecular flexibility index (Phi) is 4.39. The SMILES string of the molecule is Cn1ccc(CC=Nc2ccccc2O[Si](C)(C)C)n1. The predicted octanol–water partition coefficient (Wildman–Crippen LogP) is 3.58. The monoisotopic (exact) mass is 287 g/mol. The molecule has 5 heteroatoms. The molecule has 0 aliphatic carbocycles. The molecule has 0 amide bonds. The van der Waals surface area contributed by atoms with Crippen molar-refractivity contribution in [2.75, 3.05) is 0 Å². The van der Waals surface area contributed by atoms with E-state index in [1.165, 1.54) is 0 Å². The lowest BCUT2D eigenvalue weighted by molar-refractivity contribution is 0.559. The third kappa shape index (κ3) is 4.34. The van der Waals surface area contributed by atoms with Crippen molar-refractivity contribution < 1.29 is 4.43 Å². The summed E-state index contributed by atoms with van der Waals surface area (Å²) in [4.78, 5) is 4.52. The van der Waals surface area contributed by atoms with Crippen LogP contribution < -0.4 is 4.43 Å². The summed E-state index contributed by atoms with van der Waals surface area (Å²) in [5, 5.41) is 4.32. The Morgan fingerprint density at radius 1 is 1.25 bits per heavy atom. The van der Waals surface area contributed by atoms with Crippen LogP contribution in [-0.2, 0) is 13.5 Å². The van der Waals surface area contributed by atoms with Crippen LogP contribution in [0, 0.1) is 0 Å². The summed E-state index contributed by atoms with van der Waals surface area (Å²) in [6, 6.07) is 9.91. The van der Waals surface area contributed by atoms with E-state index in [2.05, 4.69) is 29.7 Å². The standard InChI is InChI=1S/C15H21N3OSi/c1-18-12-10-13(17-18)9-11-16-14-7-5-6-8-15(14)19-20(2,3)4/h5-8,10-12H,9H2,1-4H3. The van der Waals surface area contributed by atoms with Gasteiger partial charge in [0.05, 0.1) is 5.69 Å². The zero-order chi connectivity index (χ0) is 14.6. The Morgan fingerprint density at radius 3 is 2.65 bits per heavy atom. The van der Waals surface area contributed by atoms with Crippen molar-refractivity contribution >= 4 is 20.2 Å². The van der Waals surface area contributed by atoms with Crippen molar-refractivity contribution in [3.05, 3.63) is 42.2 Å². The molecule has 0 N–H and O–H groups in total. The maximum absolute atomic E-state index is 6.05. The molecule has 1 aromatic heterocycles. The van der Waals surface area contributed by atoms with Gasteiger partial charge in [0.2, 0.25) is 8.32 Å². The second-order valence-corrected chi connectivity index (χ2v) is 10.1. The van der Waals surface area contributed by atoms with E-state index in [1.807, 2.05) is 49.8 Å². The van der Waals surface area contributed by atoms with Gasteiger partial charge in [-0.15, -0.1) is 0 Å². The molecule has 0 aliphatic heterocycles. The lowest BCUT2D eigenvalue weighted by Crippen LogP contribution is -2.29. The van der Waals surface area contributed by atoms with Crippen LogP contribution >= 0.6 is 0 Å². The summed E-state index contributed by atoms with van der Waals surface area (Å²) in [7, 11) is 0.296. The van der Waals surface area contributed by atoms with E-state index in [0.717, 1.165) is 23.6 Å². The maximum Gasteiger partial charge on any atom is 0.242 e. The van der Waals surface area contributed by atoms with Crippen LogP contribution in [0.2, 0.25) is 19.6 Å². The smallest absolute Gasteiger partial charge is 0.242 e. The van der Waals surface area contributed by atoms with Gasteiger partial charge in [-0.2, -0.15) is 5.10 Å². The summed E-state index contributed by atoms with van der Waals surface area (Å²) < 4.78 is 7.84. The van der Waals surface area contributed by atoms with Gasteiger partial charge in [-0.3, -0.25) is 9.67 Å². The third-order valence-electron chi connectivity index (χ3n) is 2.58. The first kappa shape index (κ1) is 14.5. The van der Waals surface area contributed by atoms with E-state index in [-0.39, 0.29) is 0 Å². The summed E-state index contributed by atoms with van der Waals surface area (Å²) in [5.41, 5.74) is 1.89. The fourth-order valence-electron chi connectivity index (χ4n) is 1.79. The fraction of sp³-hybridized carbons (Fsp3) is 0.333. The van der Waals surface area contributed by atoms with Crippen LogP contribution in [0.25, 0.3) is 0 Å². The zero-order valence-corrected chi connectivity index (χ0v) is 13.5. The Labute approximate surface area is 121 Å². The summed E-state index contributed by atoms with van der Waals surface area (Å²) in [5.74, 6) is 0.865. The molecule has 2 rings (SSSR count). The van der Waals surface area contributed by atoms with Gasteiger partial charge in [0.1, 0.15) is 11.4 Å². The number of rotatable bonds is 5. The second-order valence-electron chi connectivity index (χ2n) is 5.68. The van der Waals surface area contributed by atoms with Crippen molar-refractivity contribution in [1.29, 1.82) is 0 Å². The molecular weight excluding hydrogens is 266 g/mol. The average molecular weight is 287 g/mol. The van der Waals surface area contributed by atoms with E-state index in [9.17, 15) is 0 Å². The van der Waals surface area contributed by atoms with Crippen molar-refractivity contribution in [1.82, 2.24) is 9.78 Å². The minimum absolute atomic E-state index is 0.724. The highest BCUT2D eigenvalue weighted by Gasteiger charge is 2.17. The van der Waals surface area contributed by atoms with Gasteiger partial charge in [-0.25, -0.2) is 0 Å². The van der Waals surface area contributed by atoms with Gasteiger partial charge in [0.25, 0.3) is 0 Å². The van der Waals surface area contributed by atoms with Crippen LogP contribution in [0.15, 0.2) is 41.5 Å². The van der Waals surface area contributed by atoms with Gasteiger partial charge in [-0.1, -0.05) is 12.1 Å². The highest BCUT2D eigenvalue weighted by Crippen LogP contribution is 2.28. The quantitative estimate of drug-likeness (QED) is 0.623. The van der Waals surface area contributed by atoms with E-state index in [4.69, 9.17) is 4.43 Å². The molecule has 0 aliphatic rings. The summed E-state index contributed by atoms with van der Waals surface area (Å²) in [6.07, 6.45) is 4.54. The van der Waals surface area contributed by atoms with E-state index < -0.39 is 8.32 Å². The number of hydrogen-bond donors (Lipinski definition) is 0. The third-order valence-corrected chi connectivity index (χ3v) is 3.41. The zero-order valence-electron chi connectivity index (χ0n) is 12.5. The highest BCUT2D eigenvalue weighted by molar-refractivity contribution is 6.70. The molecule has 106 valence electrons. The first-order valence-electron chi connectivity index (χ1n) is 6.73. The number of nitrogens with zero attached hydrogens (tertiary/aromatic N) is 3. The number of benzene rings is 1. The molecule has 0 saturated heterocycles. The molecule has 20 heavy (non-hydrogen) atoms. The fourth-order valence-corrected chi connectivity index (χ4v) is 2.62. The van der Waals surface area contributed by atoms with Crippen LogP contribution in [0.1, 0.15) is 5.69 Å². The first-order chi connectivity index (χ1) is 9.44. The van der Waals surface area contributed by atoms with E-state index >= 15 is 0 Å². The Balaban J connectivity index is 2.08. The Morgan fingerprint density at radius 2 is 2.00 bits per heavy atom. The minimum Gasteiger partial charge on any atom is -0.543 e. The molecule has 0 atom stereocenters. The molecule has 0 saturated carbocycles. The van der Waals surface area contributed by atoms with E-state index in [0.29, 0.717) is 0 Å². The predicted molar refractivity (Wildman–Crippen MR) is 85.5 cm³/mol. The van der Waals surface area contributed by atoms with Crippen LogP contribution in [0.3, 0.4) is 0 Å². The van der Waals surface area contributed by atoms with Crippen molar-refractivity contribution in [2.24, 2.45) is 12.0 Å². The molecule has 1 heterocycles. The average Bonchev–Trinajstić information content (AvgIpc) is 2.75. The second kappa shape index (κ2) is 6.05. The van der Waals surface area contributed by atoms with Gasteiger partial charge in [0, 0.05) is 25.9 Å². The topological polar surface area (TPSA) is 39.4 Å². The molecule has 0 fully saturated rings. The maximum atomic E-state index is 6.05. The highest BCUT2D eigenvalue weighted by atomic mass is 28.4. The van der Waals surface area contributed by atoms with Crippen molar-refractivity contribution in [3.8, 4) is 5.75 Å². The van der Waals surface area contributed by atoms with E-state index in [1.54, 1.807) is 4.68 Å². The number of aryl methyl sites for hydroxylation is 1. The number of aliphatic imine (C=N–C) groups is 1. The molecule has 0 spiro atoms. The van der Waals surface area contributed by atoms with Crippen molar-refractivity contribution in [3.63, 3.8) is 0 Å². The van der Waals surface area contributed by atoms with Gasteiger partial charge in [0.15, 0.2) is 0 Å². The molecular formula is C15H21N3OSi. The van der Waals surface area contributed by atoms with Gasteiger partial charge < -0.3 is 4.43 Å². The van der Waals surface area contributed by atoms with Crippen LogP contribution in [0.4, 0.5) is 5.69 Å². The largest absolute Gasteiger partial charge is 0.543 e. The molecule has 2 aromatic rings. The first-order valence-corrected chi connectivity index (χ1v) is 10.1. The molecule has 0 radical (unpaired) electrons. The molecule has 1 aromatic carbocycles. The number of aromatic nitrogens is 2. The molecule has 4 nitrogen and oxygen atoms in total. The van der Waals surface area contributed by atoms with Gasteiger partial charge in [-0.05, 0) is 37.8 Å². The Hall–Kier alpha value is -1.88. The normalized spacial score (nSPS) is 12.0. The Bertz CT molecular complexity index is 599. The lowest BCUT2D eigenvalue weighted by atomic mass is 10.3.